The van der Waals surface area contributed by atoms with Gasteiger partial charge in [-0.05, 0) is 74.5 Å². The Labute approximate surface area is 351 Å². The number of hydrogen-bond donors (Lipinski definition) is 2. The van der Waals surface area contributed by atoms with Crippen LogP contribution in [0.1, 0.15) is 77.8 Å². The molecule has 3 aromatic rings. The Bertz CT molecular complexity index is 2380. The largest absolute Gasteiger partial charge is 0.744 e. The smallest absolute Gasteiger partial charge is 0.425 e. The molecule has 1 aromatic heterocycles. The van der Waals surface area contributed by atoms with Crippen LogP contribution in [0.3, 0.4) is 0 Å². The summed E-state index contributed by atoms with van der Waals surface area (Å²) in [7, 11) is -7.68. The molecule has 16 nitrogen and oxygen atoms in total. The lowest BCUT2D eigenvalue weighted by molar-refractivity contribution is -0.438. The number of ether oxygens (including phenoxy) is 1. The van der Waals surface area contributed by atoms with Gasteiger partial charge >= 0.3 is 10.6 Å². The lowest BCUT2D eigenvalue weighted by atomic mass is 9.81. The van der Waals surface area contributed by atoms with Gasteiger partial charge < -0.3 is 24.8 Å². The number of aromatic nitrogens is 3. The second-order valence-electron chi connectivity index (χ2n) is 14.6. The van der Waals surface area contributed by atoms with Crippen molar-refractivity contribution in [3.63, 3.8) is 0 Å². The summed E-state index contributed by atoms with van der Waals surface area (Å²) in [4.78, 5) is 37.0. The minimum Gasteiger partial charge on any atom is -0.744 e. The predicted octanol–water partition coefficient (Wildman–Crippen LogP) is 5.79. The van der Waals surface area contributed by atoms with Crippen LogP contribution in [0.4, 0.5) is 23.3 Å². The number of fused-ring (bicyclic) bond motifs is 2. The van der Waals surface area contributed by atoms with Crippen LogP contribution in [0.15, 0.2) is 83.4 Å². The highest BCUT2D eigenvalue weighted by molar-refractivity contribution is 7.85. The van der Waals surface area contributed by atoms with Crippen LogP contribution in [0.25, 0.3) is 0 Å². The monoisotopic (exact) mass is 869 g/mol. The SMILES string of the molecule is CCCN1/C(=C/C=C/C=C/C2=[N+](CCCCCC(=O)CNc3nc(Cl)nc(NCOC=O)n3)c3ccccc3C2(C)C)C(C)(C)c2cc(S(=O)(=O)[O-])ccc21.O=S(=O)=O. The summed E-state index contributed by atoms with van der Waals surface area (Å²) in [6, 6.07) is 13.1. The van der Waals surface area contributed by atoms with Crippen molar-refractivity contribution in [2.75, 3.05) is 41.9 Å². The number of allylic oxidation sites excluding steroid dienone is 6. The van der Waals surface area contributed by atoms with Crippen molar-refractivity contribution in [3.8, 4) is 0 Å². The van der Waals surface area contributed by atoms with Gasteiger partial charge in [-0.15, -0.1) is 12.6 Å². The van der Waals surface area contributed by atoms with Crippen molar-refractivity contribution in [2.24, 2.45) is 0 Å². The molecule has 0 radical (unpaired) electrons. The first-order chi connectivity index (χ1) is 27.9. The first kappa shape index (κ1) is 46.4. The maximum absolute atomic E-state index is 12.7. The molecule has 0 fully saturated rings. The summed E-state index contributed by atoms with van der Waals surface area (Å²) in [6.07, 6.45) is 14.1. The van der Waals surface area contributed by atoms with Gasteiger partial charge in [0.25, 0.3) is 6.47 Å². The second kappa shape index (κ2) is 20.6. The van der Waals surface area contributed by atoms with E-state index in [2.05, 4.69) is 117 Å². The summed E-state index contributed by atoms with van der Waals surface area (Å²) in [6.45, 7) is 12.4. The van der Waals surface area contributed by atoms with E-state index in [1.54, 1.807) is 6.07 Å². The van der Waals surface area contributed by atoms with Crippen molar-refractivity contribution in [3.05, 3.63) is 95.0 Å². The Kier molecular flexibility index (Phi) is 16.2. The number of para-hydroxylation sites is 1. The summed E-state index contributed by atoms with van der Waals surface area (Å²) in [5.41, 5.74) is 5.68. The Morgan fingerprint density at radius 2 is 1.64 bits per heavy atom. The average molecular weight is 870 g/mol. The number of carbonyl (C=O) groups is 2. The molecule has 2 aromatic carbocycles. The molecule has 59 heavy (non-hydrogen) atoms. The standard InChI is InChI=1S/C40H48ClN7O6S.O3S/c1-6-22-47-33-21-20-29(55(51,52)53)24-31(33)40(4,5)35(47)19-11-7-10-18-34-39(2,3)30-16-12-13-17-32(30)48(34)23-14-8-9-15-28(50)25-42-37-44-36(41)45-38(46-37)43-26-54-27-49;1-4(2)3/h7,10-13,16-21,24,27H,6,8-9,14-15,22-23,25-26H2,1-5H3,(H2-,42,43,44,45,46,51,52,53);. The minimum absolute atomic E-state index is 0.0164. The van der Waals surface area contributed by atoms with Crippen molar-refractivity contribution in [1.82, 2.24) is 15.0 Å². The molecule has 5 rings (SSSR count). The number of hydrogen-bond acceptors (Lipinski definition) is 15. The zero-order valence-corrected chi connectivity index (χ0v) is 35.9. The molecule has 0 amide bonds. The van der Waals surface area contributed by atoms with Gasteiger partial charge in [-0.25, -0.2) is 8.42 Å². The van der Waals surface area contributed by atoms with E-state index in [1.807, 2.05) is 12.2 Å². The maximum atomic E-state index is 12.7. The fourth-order valence-corrected chi connectivity index (χ4v) is 7.85. The molecular formula is C40H48ClN7O9S2. The average Bonchev–Trinajstić information content (AvgIpc) is 3.51. The molecule has 0 saturated heterocycles. The van der Waals surface area contributed by atoms with Crippen LogP contribution >= 0.6 is 11.6 Å². The predicted molar refractivity (Wildman–Crippen MR) is 223 cm³/mol. The van der Waals surface area contributed by atoms with E-state index in [9.17, 15) is 22.6 Å². The Balaban J connectivity index is 0.00000184. The number of halogens is 1. The molecule has 0 aliphatic carbocycles. The highest BCUT2D eigenvalue weighted by Gasteiger charge is 2.44. The van der Waals surface area contributed by atoms with E-state index in [4.69, 9.17) is 24.2 Å². The first-order valence-corrected chi connectivity index (χ1v) is 21.6. The van der Waals surface area contributed by atoms with Crippen LogP contribution in [0, 0.1) is 0 Å². The number of Topliss-reactive ketones (excluding diaryl/α,β-unsaturated/α-hetero) is 1. The van der Waals surface area contributed by atoms with Crippen molar-refractivity contribution < 1.29 is 44.5 Å². The molecule has 0 saturated carbocycles. The molecule has 0 atom stereocenters. The molecule has 2 aliphatic heterocycles. The summed E-state index contributed by atoms with van der Waals surface area (Å²) >= 11 is 5.95. The van der Waals surface area contributed by atoms with E-state index in [0.717, 1.165) is 55.7 Å². The number of unbranched alkanes of at least 4 members (excludes halogenated alkanes) is 2. The van der Waals surface area contributed by atoms with Crippen molar-refractivity contribution in [1.29, 1.82) is 0 Å². The number of rotatable bonds is 19. The number of carbonyl (C=O) groups excluding carboxylic acids is 2. The van der Waals surface area contributed by atoms with Gasteiger partial charge in [-0.1, -0.05) is 57.2 Å². The normalized spacial score (nSPS) is 15.8. The number of nitrogens with zero attached hydrogens (tertiary/aromatic N) is 5. The summed E-state index contributed by atoms with van der Waals surface area (Å²) in [5.74, 6) is 0.268. The molecule has 0 spiro atoms. The van der Waals surface area contributed by atoms with Crippen LogP contribution in [-0.4, -0.2) is 89.5 Å². The highest BCUT2D eigenvalue weighted by Crippen LogP contribution is 2.48. The van der Waals surface area contributed by atoms with E-state index in [-0.39, 0.29) is 46.5 Å². The molecule has 316 valence electrons. The Morgan fingerprint density at radius 3 is 2.32 bits per heavy atom. The summed E-state index contributed by atoms with van der Waals surface area (Å²) in [5, 5.41) is 5.50. The van der Waals surface area contributed by atoms with Gasteiger partial charge in [0.15, 0.2) is 18.2 Å². The maximum Gasteiger partial charge on any atom is 0.425 e. The van der Waals surface area contributed by atoms with Gasteiger partial charge in [0.2, 0.25) is 22.9 Å². The summed E-state index contributed by atoms with van der Waals surface area (Å²) < 4.78 is 67.7. The number of benzene rings is 2. The highest BCUT2D eigenvalue weighted by atomic mass is 35.5. The second-order valence-corrected chi connectivity index (χ2v) is 16.8. The van der Waals surface area contributed by atoms with Gasteiger partial charge in [0, 0.05) is 53.9 Å². The van der Waals surface area contributed by atoms with Crippen molar-refractivity contribution >= 4 is 73.6 Å². The minimum atomic E-state index is -4.57. The van der Waals surface area contributed by atoms with Gasteiger partial charge in [-0.3, -0.25) is 9.59 Å². The van der Waals surface area contributed by atoms with E-state index in [0.29, 0.717) is 12.9 Å². The fraction of sp³-hybridized carbons (Fsp3) is 0.400. The molecule has 19 heteroatoms. The molecular weight excluding hydrogens is 822 g/mol. The Morgan fingerprint density at radius 1 is 0.949 bits per heavy atom. The molecule has 2 aliphatic rings. The van der Waals surface area contributed by atoms with Crippen LogP contribution in [-0.2, 0) is 45.9 Å². The van der Waals surface area contributed by atoms with Crippen LogP contribution in [0.2, 0.25) is 5.28 Å². The van der Waals surface area contributed by atoms with Crippen LogP contribution in [0.5, 0.6) is 0 Å². The van der Waals surface area contributed by atoms with E-state index >= 15 is 0 Å². The first-order valence-electron chi connectivity index (χ1n) is 18.8. The fourth-order valence-electron chi connectivity index (χ4n) is 7.20. The van der Waals surface area contributed by atoms with Gasteiger partial charge in [-0.2, -0.15) is 19.5 Å². The third kappa shape index (κ3) is 12.1. The van der Waals surface area contributed by atoms with Crippen LogP contribution < -0.4 is 15.5 Å². The molecule has 0 unspecified atom stereocenters. The topological polar surface area (TPSA) is 221 Å². The quantitative estimate of drug-likeness (QED) is 0.0364. The third-order valence-electron chi connectivity index (χ3n) is 9.90. The zero-order chi connectivity index (χ0) is 43.4. The van der Waals surface area contributed by atoms with Crippen molar-refractivity contribution in [2.45, 2.75) is 82.4 Å². The number of nitrogens with one attached hydrogen (secondary N) is 2. The Hall–Kier alpha value is -5.30. The number of ketones is 1. The molecule has 2 N–H and O–H groups in total. The molecule has 3 heterocycles. The van der Waals surface area contributed by atoms with Gasteiger partial charge in [0.05, 0.1) is 16.9 Å². The lowest BCUT2D eigenvalue weighted by Crippen LogP contribution is -2.27. The number of anilines is 3. The van der Waals surface area contributed by atoms with Gasteiger partial charge in [0.1, 0.15) is 16.7 Å². The zero-order valence-electron chi connectivity index (χ0n) is 33.5. The lowest BCUT2D eigenvalue weighted by Gasteiger charge is -2.26. The van der Waals surface area contributed by atoms with E-state index < -0.39 is 26.1 Å². The molecule has 0 bridgehead atoms. The third-order valence-corrected chi connectivity index (χ3v) is 10.9. The van der Waals surface area contributed by atoms with E-state index in [1.165, 1.54) is 29.1 Å².